The summed E-state index contributed by atoms with van der Waals surface area (Å²) in [7, 11) is 0. The lowest BCUT2D eigenvalue weighted by Crippen LogP contribution is -2.13. The molecule has 4 aromatic rings. The van der Waals surface area contributed by atoms with Crippen molar-refractivity contribution in [2.24, 2.45) is 0 Å². The number of hydrogen-bond acceptors (Lipinski definition) is 2. The maximum atomic E-state index is 12.6. The average molecular weight is 449 g/mol. The topological polar surface area (TPSA) is 34.1 Å². The van der Waals surface area contributed by atoms with Crippen LogP contribution in [0.3, 0.4) is 0 Å². The molecule has 0 radical (unpaired) electrons. The van der Waals surface area contributed by atoms with Crippen LogP contribution in [0.2, 0.25) is 0 Å². The fraction of sp³-hybridized carbons (Fsp3) is 0.308. The molecule has 2 nitrogen and oxygen atoms in total. The molecule has 0 spiro atoms. The van der Waals surface area contributed by atoms with Crippen molar-refractivity contribution < 1.29 is 9.59 Å². The number of carbonyl (C=O) groups is 2. The van der Waals surface area contributed by atoms with Crippen LogP contribution in [0, 0.1) is 0 Å². The van der Waals surface area contributed by atoms with E-state index in [1.165, 1.54) is 5.56 Å². The van der Waals surface area contributed by atoms with Gasteiger partial charge < -0.3 is 0 Å². The van der Waals surface area contributed by atoms with Crippen LogP contribution in [0.5, 0.6) is 0 Å². The lowest BCUT2D eigenvalue weighted by Gasteiger charge is -2.25. The zero-order chi connectivity index (χ0) is 21.3. The number of aldehydes is 1. The predicted molar refractivity (Wildman–Crippen MR) is 126 cm³/mol. The minimum absolute atomic E-state index is 0.0580. The van der Waals surface area contributed by atoms with Gasteiger partial charge in [0.25, 0.3) is 0 Å². The molecule has 0 aliphatic carbocycles. The standard InChI is InChI=1S/C26H25BrO2/c1-25(2,3)16-9-14-7-8-17-23-15(11-20(24(17)27)26(4,5)6)10-18(21(29)13-28)19(12-16)22(14)23/h7-13H,1-6H3. The molecule has 0 heterocycles. The van der Waals surface area contributed by atoms with Crippen molar-refractivity contribution in [3.05, 3.63) is 57.6 Å². The van der Waals surface area contributed by atoms with E-state index in [0.717, 1.165) is 42.4 Å². The van der Waals surface area contributed by atoms with Gasteiger partial charge in [-0.3, -0.25) is 9.59 Å². The van der Waals surface area contributed by atoms with E-state index in [0.29, 0.717) is 11.8 Å². The SMILES string of the molecule is CC(C)(C)c1cc2ccc3c(Br)c(C(C)(C)C)cc4cc(C(=O)C=O)c(c1)c2c43. The normalized spacial score (nSPS) is 12.9. The molecule has 148 valence electrons. The van der Waals surface area contributed by atoms with Crippen LogP contribution in [-0.2, 0) is 15.6 Å². The highest BCUT2D eigenvalue weighted by Crippen LogP contribution is 2.44. The minimum atomic E-state index is -0.472. The highest BCUT2D eigenvalue weighted by molar-refractivity contribution is 9.10. The van der Waals surface area contributed by atoms with Gasteiger partial charge in [-0.25, -0.2) is 0 Å². The van der Waals surface area contributed by atoms with Crippen molar-refractivity contribution in [1.29, 1.82) is 0 Å². The highest BCUT2D eigenvalue weighted by Gasteiger charge is 2.25. The van der Waals surface area contributed by atoms with Gasteiger partial charge in [-0.1, -0.05) is 59.7 Å². The van der Waals surface area contributed by atoms with Gasteiger partial charge in [-0.05, 0) is 88.4 Å². The Morgan fingerprint density at radius 3 is 2.07 bits per heavy atom. The van der Waals surface area contributed by atoms with E-state index in [4.69, 9.17) is 0 Å². The zero-order valence-electron chi connectivity index (χ0n) is 17.7. The van der Waals surface area contributed by atoms with Crippen LogP contribution in [0.15, 0.2) is 40.9 Å². The molecule has 0 saturated carbocycles. The van der Waals surface area contributed by atoms with Gasteiger partial charge in [0.15, 0.2) is 6.29 Å². The van der Waals surface area contributed by atoms with Crippen molar-refractivity contribution >= 4 is 60.3 Å². The number of hydrogen-bond donors (Lipinski definition) is 0. The fourth-order valence-corrected chi connectivity index (χ4v) is 5.23. The quantitative estimate of drug-likeness (QED) is 0.139. The Kier molecular flexibility index (Phi) is 4.40. The smallest absolute Gasteiger partial charge is 0.226 e. The summed E-state index contributed by atoms with van der Waals surface area (Å²) in [4.78, 5) is 24.0. The second-order valence-electron chi connectivity index (χ2n) is 9.98. The molecule has 0 aliphatic rings. The number of halogens is 1. The Morgan fingerprint density at radius 2 is 1.48 bits per heavy atom. The van der Waals surface area contributed by atoms with Crippen molar-refractivity contribution in [3.63, 3.8) is 0 Å². The van der Waals surface area contributed by atoms with Crippen molar-refractivity contribution in [1.82, 2.24) is 0 Å². The number of benzene rings is 4. The second-order valence-corrected chi connectivity index (χ2v) is 10.8. The Morgan fingerprint density at radius 1 is 0.828 bits per heavy atom. The maximum Gasteiger partial charge on any atom is 0.226 e. The third-order valence-electron chi connectivity index (χ3n) is 5.82. The molecule has 29 heavy (non-hydrogen) atoms. The van der Waals surface area contributed by atoms with Crippen molar-refractivity contribution in [3.8, 4) is 0 Å². The van der Waals surface area contributed by atoms with E-state index >= 15 is 0 Å². The molecule has 0 unspecified atom stereocenters. The lowest BCUT2D eigenvalue weighted by atomic mass is 9.80. The lowest BCUT2D eigenvalue weighted by molar-refractivity contribution is -0.104. The number of Topliss-reactive ketones (excluding diaryl/α,β-unsaturated/α-hetero) is 1. The molecule has 4 rings (SSSR count). The van der Waals surface area contributed by atoms with E-state index in [9.17, 15) is 9.59 Å². The van der Waals surface area contributed by atoms with Crippen LogP contribution in [0.1, 0.15) is 63.0 Å². The van der Waals surface area contributed by atoms with Gasteiger partial charge in [-0.15, -0.1) is 0 Å². The van der Waals surface area contributed by atoms with Gasteiger partial charge in [0, 0.05) is 10.0 Å². The molecule has 4 aromatic carbocycles. The summed E-state index contributed by atoms with van der Waals surface area (Å²) in [5, 5.41) is 6.29. The van der Waals surface area contributed by atoms with Gasteiger partial charge in [0.05, 0.1) is 0 Å². The molecule has 0 atom stereocenters. The zero-order valence-corrected chi connectivity index (χ0v) is 19.3. The van der Waals surface area contributed by atoms with Crippen LogP contribution < -0.4 is 0 Å². The Labute approximate surface area is 179 Å². The molecular formula is C26H25BrO2. The predicted octanol–water partition coefficient (Wildman–Crippen LogP) is 7.32. The first-order chi connectivity index (χ1) is 13.4. The van der Waals surface area contributed by atoms with Crippen LogP contribution in [-0.4, -0.2) is 12.1 Å². The van der Waals surface area contributed by atoms with Gasteiger partial charge in [0.2, 0.25) is 5.78 Å². The first-order valence-electron chi connectivity index (χ1n) is 9.89. The first-order valence-corrected chi connectivity index (χ1v) is 10.7. The molecule has 3 heteroatoms. The minimum Gasteiger partial charge on any atom is -0.294 e. The summed E-state index contributed by atoms with van der Waals surface area (Å²) in [5.74, 6) is -0.472. The Hall–Kier alpha value is -2.26. The van der Waals surface area contributed by atoms with Crippen molar-refractivity contribution in [2.75, 3.05) is 0 Å². The molecule has 0 saturated heterocycles. The summed E-state index contributed by atoms with van der Waals surface area (Å²) in [6.45, 7) is 13.0. The molecule has 0 aliphatic heterocycles. The maximum absolute atomic E-state index is 12.6. The van der Waals surface area contributed by atoms with Crippen LogP contribution in [0.25, 0.3) is 32.3 Å². The van der Waals surface area contributed by atoms with E-state index in [-0.39, 0.29) is 10.8 Å². The molecule has 0 aromatic heterocycles. The molecule has 0 fully saturated rings. The number of carbonyl (C=O) groups excluding carboxylic acids is 2. The summed E-state index contributed by atoms with van der Waals surface area (Å²) in [5.41, 5.74) is 2.70. The van der Waals surface area contributed by atoms with Gasteiger partial charge in [-0.2, -0.15) is 0 Å². The number of rotatable bonds is 2. The summed E-state index contributed by atoms with van der Waals surface area (Å²) in [6, 6.07) is 12.6. The molecular weight excluding hydrogens is 424 g/mol. The van der Waals surface area contributed by atoms with Gasteiger partial charge in [0.1, 0.15) is 0 Å². The van der Waals surface area contributed by atoms with E-state index in [1.807, 2.05) is 6.07 Å². The Bertz CT molecular complexity index is 1300. The van der Waals surface area contributed by atoms with E-state index < -0.39 is 5.78 Å². The monoisotopic (exact) mass is 448 g/mol. The highest BCUT2D eigenvalue weighted by atomic mass is 79.9. The fourth-order valence-electron chi connectivity index (χ4n) is 4.19. The van der Waals surface area contributed by atoms with Crippen LogP contribution >= 0.6 is 15.9 Å². The third kappa shape index (κ3) is 3.07. The van der Waals surface area contributed by atoms with Gasteiger partial charge >= 0.3 is 0 Å². The Balaban J connectivity index is 2.29. The summed E-state index contributed by atoms with van der Waals surface area (Å²) >= 11 is 3.85. The van der Waals surface area contributed by atoms with E-state index in [1.54, 1.807) is 0 Å². The molecule has 0 N–H and O–H groups in total. The molecule has 0 amide bonds. The van der Waals surface area contributed by atoms with Crippen molar-refractivity contribution in [2.45, 2.75) is 52.4 Å². The average Bonchev–Trinajstić information content (AvgIpc) is 2.64. The summed E-state index contributed by atoms with van der Waals surface area (Å²) < 4.78 is 1.09. The van der Waals surface area contributed by atoms with E-state index in [2.05, 4.69) is 87.8 Å². The van der Waals surface area contributed by atoms with Crippen LogP contribution in [0.4, 0.5) is 0 Å². The largest absolute Gasteiger partial charge is 0.294 e. The first kappa shape index (κ1) is 20.0. The second kappa shape index (κ2) is 6.37. The third-order valence-corrected chi connectivity index (χ3v) is 6.67. The summed E-state index contributed by atoms with van der Waals surface area (Å²) in [6.07, 6.45) is 0.427. The number of ketones is 1. The molecule has 0 bridgehead atoms.